The molecule has 3 aromatic rings. The molecule has 0 unspecified atom stereocenters. The number of hydrogen-bond donors (Lipinski definition) is 1. The number of hydrogen-bond acceptors (Lipinski definition) is 4. The Bertz CT molecular complexity index is 1250. The quantitative estimate of drug-likeness (QED) is 0.472. The summed E-state index contributed by atoms with van der Waals surface area (Å²) in [5, 5.41) is 8.21. The van der Waals surface area contributed by atoms with E-state index in [1.807, 2.05) is 47.8 Å². The van der Waals surface area contributed by atoms with E-state index in [2.05, 4.69) is 10.4 Å². The summed E-state index contributed by atoms with van der Waals surface area (Å²) in [6, 6.07) is 9.20. The van der Waals surface area contributed by atoms with E-state index in [9.17, 15) is 9.59 Å². The van der Waals surface area contributed by atoms with Gasteiger partial charge in [-0.15, -0.1) is 0 Å². The Morgan fingerprint density at radius 3 is 2.57 bits per heavy atom. The predicted molar refractivity (Wildman–Crippen MR) is 138 cm³/mol. The summed E-state index contributed by atoms with van der Waals surface area (Å²) in [6.45, 7) is 5.02. The van der Waals surface area contributed by atoms with Crippen LogP contribution in [-0.2, 0) is 11.2 Å². The highest BCUT2D eigenvalue weighted by Gasteiger charge is 2.26. The van der Waals surface area contributed by atoms with Crippen LogP contribution in [0.4, 0.5) is 5.69 Å². The first kappa shape index (κ1) is 25.1. The lowest BCUT2D eigenvalue weighted by molar-refractivity contribution is -0.115. The molecule has 2 heterocycles. The monoisotopic (exact) mass is 514 g/mol. The van der Waals surface area contributed by atoms with Gasteiger partial charge in [0.2, 0.25) is 5.91 Å². The lowest BCUT2D eigenvalue weighted by Gasteiger charge is -2.32. The number of carbonyl (C=O) groups is 2. The van der Waals surface area contributed by atoms with Crippen LogP contribution in [-0.4, -0.2) is 46.7 Å². The normalized spacial score (nSPS) is 14.1. The number of nitrogens with zero attached hydrogens (tertiary/aromatic N) is 3. The number of amides is 2. The van der Waals surface area contributed by atoms with E-state index < -0.39 is 0 Å². The van der Waals surface area contributed by atoms with E-state index in [0.29, 0.717) is 34.4 Å². The zero-order chi connectivity index (χ0) is 25.1. The maximum absolute atomic E-state index is 13.0. The lowest BCUT2D eigenvalue weighted by Crippen LogP contribution is -2.39. The average Bonchev–Trinajstić information content (AvgIpc) is 3.30. The molecule has 2 aromatic carbocycles. The zero-order valence-electron chi connectivity index (χ0n) is 20.0. The van der Waals surface area contributed by atoms with Crippen LogP contribution >= 0.6 is 23.2 Å². The average molecular weight is 515 g/mol. The van der Waals surface area contributed by atoms with Gasteiger partial charge >= 0.3 is 0 Å². The van der Waals surface area contributed by atoms with Crippen molar-refractivity contribution in [2.75, 3.05) is 25.5 Å². The van der Waals surface area contributed by atoms with E-state index >= 15 is 0 Å². The molecule has 1 aromatic heterocycles. The van der Waals surface area contributed by atoms with Gasteiger partial charge in [0, 0.05) is 24.8 Å². The summed E-state index contributed by atoms with van der Waals surface area (Å²) in [7, 11) is 1.62. The minimum absolute atomic E-state index is 0.0410. The van der Waals surface area contributed by atoms with Gasteiger partial charge in [-0.3, -0.25) is 14.3 Å². The molecule has 1 N–H and O–H groups in total. The Labute approximate surface area is 215 Å². The van der Waals surface area contributed by atoms with Crippen LogP contribution < -0.4 is 10.1 Å². The van der Waals surface area contributed by atoms with E-state index in [0.717, 1.165) is 35.3 Å². The Morgan fingerprint density at radius 2 is 1.86 bits per heavy atom. The largest absolute Gasteiger partial charge is 0.496 e. The first-order valence-corrected chi connectivity index (χ1v) is 12.2. The van der Waals surface area contributed by atoms with Gasteiger partial charge in [-0.05, 0) is 61.6 Å². The Balaban J connectivity index is 1.33. The molecule has 0 aliphatic carbocycles. The van der Waals surface area contributed by atoms with Gasteiger partial charge in [-0.2, -0.15) is 5.10 Å². The molecule has 0 radical (unpaired) electrons. The van der Waals surface area contributed by atoms with E-state index in [1.54, 1.807) is 25.4 Å². The Morgan fingerprint density at radius 1 is 1.14 bits per heavy atom. The van der Waals surface area contributed by atoms with Crippen molar-refractivity contribution in [2.45, 2.75) is 39.2 Å². The number of nitrogens with one attached hydrogen (secondary N) is 1. The first-order valence-electron chi connectivity index (χ1n) is 11.5. The van der Waals surface area contributed by atoms with Gasteiger partial charge in [0.05, 0.1) is 41.5 Å². The summed E-state index contributed by atoms with van der Waals surface area (Å²) >= 11 is 12.2. The SMILES string of the molecule is COc1cccc(CC(=O)Nc2cnn(C3CCN(C(=O)c4cc(Cl)c(Cl)cc4C)CC3)c2)c1C. The molecule has 4 rings (SSSR count). The number of carbonyl (C=O) groups excluding carboxylic acids is 2. The van der Waals surface area contributed by atoms with E-state index in [1.165, 1.54) is 0 Å². The van der Waals surface area contributed by atoms with Gasteiger partial charge in [-0.1, -0.05) is 35.3 Å². The van der Waals surface area contributed by atoms with Gasteiger partial charge in [-0.25, -0.2) is 0 Å². The van der Waals surface area contributed by atoms with Crippen molar-refractivity contribution >= 4 is 40.7 Å². The molecule has 1 saturated heterocycles. The van der Waals surface area contributed by atoms with Crippen LogP contribution in [0.25, 0.3) is 0 Å². The van der Waals surface area contributed by atoms with Crippen LogP contribution in [0, 0.1) is 13.8 Å². The first-order chi connectivity index (χ1) is 16.8. The lowest BCUT2D eigenvalue weighted by atomic mass is 10.0. The van der Waals surface area contributed by atoms with Gasteiger partial charge < -0.3 is 15.0 Å². The number of benzene rings is 2. The highest BCUT2D eigenvalue weighted by Crippen LogP contribution is 2.29. The molecule has 0 atom stereocenters. The van der Waals surface area contributed by atoms with Crippen molar-refractivity contribution in [1.29, 1.82) is 0 Å². The predicted octanol–water partition coefficient (Wildman–Crippen LogP) is 5.47. The molecule has 184 valence electrons. The standard InChI is InChI=1S/C26H28Cl2N4O3/c1-16-11-22(27)23(28)13-21(16)26(34)31-9-7-20(8-10-31)32-15-19(14-29-32)30-25(33)12-18-5-4-6-24(35-3)17(18)2/h4-6,11,13-15,20H,7-10,12H2,1-3H3,(H,30,33). The minimum atomic E-state index is -0.113. The van der Waals surface area contributed by atoms with Crippen molar-refractivity contribution in [3.63, 3.8) is 0 Å². The molecular formula is C26H28Cl2N4O3. The molecule has 0 saturated carbocycles. The topological polar surface area (TPSA) is 76.5 Å². The fraction of sp³-hybridized carbons (Fsp3) is 0.346. The summed E-state index contributed by atoms with van der Waals surface area (Å²) < 4.78 is 7.21. The molecule has 9 heteroatoms. The highest BCUT2D eigenvalue weighted by molar-refractivity contribution is 6.42. The third-order valence-electron chi connectivity index (χ3n) is 6.48. The molecule has 2 amide bonds. The van der Waals surface area contributed by atoms with Crippen LogP contribution in [0.3, 0.4) is 0 Å². The van der Waals surface area contributed by atoms with Crippen LogP contribution in [0.15, 0.2) is 42.7 Å². The van der Waals surface area contributed by atoms with Crippen molar-refractivity contribution in [1.82, 2.24) is 14.7 Å². The highest BCUT2D eigenvalue weighted by atomic mass is 35.5. The van der Waals surface area contributed by atoms with Crippen molar-refractivity contribution < 1.29 is 14.3 Å². The minimum Gasteiger partial charge on any atom is -0.496 e. The number of methoxy groups -OCH3 is 1. The molecule has 7 nitrogen and oxygen atoms in total. The van der Waals surface area contributed by atoms with Crippen LogP contribution in [0.1, 0.15) is 45.9 Å². The molecule has 1 fully saturated rings. The second-order valence-electron chi connectivity index (χ2n) is 8.78. The second kappa shape index (κ2) is 10.7. The van der Waals surface area contributed by atoms with Gasteiger partial charge in [0.15, 0.2) is 0 Å². The maximum atomic E-state index is 13.0. The summed E-state index contributed by atoms with van der Waals surface area (Å²) in [5.41, 5.74) is 3.92. The number of halogens is 2. The maximum Gasteiger partial charge on any atom is 0.254 e. The summed E-state index contributed by atoms with van der Waals surface area (Å²) in [6.07, 6.45) is 5.30. The zero-order valence-corrected chi connectivity index (χ0v) is 21.5. The molecule has 0 spiro atoms. The van der Waals surface area contributed by atoms with Crippen molar-refractivity contribution in [3.05, 3.63) is 75.0 Å². The number of ether oxygens (including phenoxy) is 1. The van der Waals surface area contributed by atoms with Crippen molar-refractivity contribution in [3.8, 4) is 5.75 Å². The smallest absolute Gasteiger partial charge is 0.254 e. The number of aryl methyl sites for hydroxylation is 1. The molecule has 35 heavy (non-hydrogen) atoms. The molecule has 0 bridgehead atoms. The second-order valence-corrected chi connectivity index (χ2v) is 9.60. The fourth-order valence-electron chi connectivity index (χ4n) is 4.43. The number of anilines is 1. The van der Waals surface area contributed by atoms with Gasteiger partial charge in [0.1, 0.15) is 5.75 Å². The molecule has 1 aliphatic heterocycles. The molecule has 1 aliphatic rings. The van der Waals surface area contributed by atoms with E-state index in [4.69, 9.17) is 27.9 Å². The Kier molecular flexibility index (Phi) is 7.67. The third-order valence-corrected chi connectivity index (χ3v) is 7.20. The summed E-state index contributed by atoms with van der Waals surface area (Å²) in [4.78, 5) is 27.4. The number of likely N-dealkylation sites (tertiary alicyclic amines) is 1. The van der Waals surface area contributed by atoms with Crippen molar-refractivity contribution in [2.24, 2.45) is 0 Å². The number of aromatic nitrogens is 2. The summed E-state index contributed by atoms with van der Waals surface area (Å²) in [5.74, 6) is 0.612. The van der Waals surface area contributed by atoms with Crippen LogP contribution in [0.2, 0.25) is 10.0 Å². The Hall–Kier alpha value is -3.03. The molecular weight excluding hydrogens is 487 g/mol. The van der Waals surface area contributed by atoms with Crippen LogP contribution in [0.5, 0.6) is 5.75 Å². The third kappa shape index (κ3) is 5.63. The number of piperidine rings is 1. The van der Waals surface area contributed by atoms with Gasteiger partial charge in [0.25, 0.3) is 5.91 Å². The van der Waals surface area contributed by atoms with E-state index in [-0.39, 0.29) is 24.3 Å². The number of rotatable bonds is 6. The fourth-order valence-corrected chi connectivity index (χ4v) is 4.82.